The van der Waals surface area contributed by atoms with Crippen LogP contribution in [0.1, 0.15) is 105 Å². The first-order valence-corrected chi connectivity index (χ1v) is 45.7. The monoisotopic (exact) mass is 1770 g/mol. The van der Waals surface area contributed by atoms with Gasteiger partial charge in [-0.1, -0.05) is 127 Å². The minimum absolute atomic E-state index is 0.280. The predicted molar refractivity (Wildman–Crippen MR) is 491 cm³/mol. The van der Waals surface area contributed by atoms with Gasteiger partial charge in [-0.25, -0.2) is 19.9 Å². The molecule has 0 N–H and O–H groups in total. The number of imidazole rings is 4. The number of piperazine rings is 3. The van der Waals surface area contributed by atoms with Crippen LogP contribution in [-0.4, -0.2) is 216 Å². The lowest BCUT2D eigenvalue weighted by molar-refractivity contribution is -0.140. The standard InChI is InChI=1S/C27H32N4O2.C24H27BrN4O2.C24H21Cl2N3O.C24H28N4O2/c1-33-23-7-3-6-21(16-23)26-24(31-17-22(19-8-9-19)10-11-25(31)28-26)18-29-12-14-30(15-13-29)27(32)20-4-2-5-20;1-31-20-7-3-6-18(14-20)23-21(29-15-19(25)8-9-22(29)26-23)16-27-10-12-28(13-11-27)24(30)17-4-2-5-17;25-20-8-6-18(14-21(20)26)24-22(16-28-10-12-30-13-11-28)29-15-19(7-9-23(29)27-24)17-4-2-1-3-5-17;1-30-20-9-5-8-19(16-20)23-21(28-11-3-2-10-22(28)25-23)17-26-12-14-27(15-13-26)24(29)18-6-4-7-18/h3,6-7,10-11,16-17,19-20H,2,4-5,8-9,12-15,18H2,1H3;3,6-9,14-15,17H,2,4-5,10-13,16H2,1H3;1-9,14-15H,10-13,16H2;2-3,5,8-11,16,18H,4,6-7,12-15,17H2,1H3. The third-order valence-corrected chi connectivity index (χ3v) is 27.4. The topological polar surface area (TPSA) is 180 Å². The zero-order valence-corrected chi connectivity index (χ0v) is 74.1. The highest BCUT2D eigenvalue weighted by Gasteiger charge is 2.36. The summed E-state index contributed by atoms with van der Waals surface area (Å²) < 4.78 is 31.8. The van der Waals surface area contributed by atoms with Crippen molar-refractivity contribution in [2.24, 2.45) is 17.8 Å². The molecule has 8 aromatic heterocycles. The number of fused-ring (bicyclic) bond motifs is 4. The van der Waals surface area contributed by atoms with Gasteiger partial charge in [-0.2, -0.15) is 0 Å². The van der Waals surface area contributed by atoms with Gasteiger partial charge < -0.3 is 51.2 Å². The van der Waals surface area contributed by atoms with Crippen molar-refractivity contribution in [2.45, 2.75) is 103 Å². The van der Waals surface area contributed by atoms with E-state index in [2.05, 4.69) is 165 Å². The Bertz CT molecular complexity index is 5950. The van der Waals surface area contributed by atoms with Crippen molar-refractivity contribution in [3.05, 3.63) is 244 Å². The van der Waals surface area contributed by atoms with Gasteiger partial charge in [-0.3, -0.25) is 34.0 Å². The van der Waals surface area contributed by atoms with E-state index in [1.54, 1.807) is 21.3 Å². The number of amides is 3. The zero-order chi connectivity index (χ0) is 84.7. The Morgan fingerprint density at radius 1 is 0.363 bits per heavy atom. The number of carbonyl (C=O) groups excluding carboxylic acids is 3. The van der Waals surface area contributed by atoms with E-state index < -0.39 is 0 Å². The molecule has 4 saturated carbocycles. The van der Waals surface area contributed by atoms with Gasteiger partial charge >= 0.3 is 0 Å². The number of aromatic nitrogens is 8. The predicted octanol–water partition coefficient (Wildman–Crippen LogP) is 17.8. The smallest absolute Gasteiger partial charge is 0.225 e. The Morgan fingerprint density at radius 3 is 1.17 bits per heavy atom. The number of carbonyl (C=O) groups is 3. The highest BCUT2D eigenvalue weighted by molar-refractivity contribution is 9.10. The van der Waals surface area contributed by atoms with Crippen LogP contribution in [0, 0.1) is 17.8 Å². The van der Waals surface area contributed by atoms with Gasteiger partial charge in [0.05, 0.1) is 90.1 Å². The van der Waals surface area contributed by atoms with E-state index in [0.717, 1.165) is 276 Å². The molecule has 0 spiro atoms. The van der Waals surface area contributed by atoms with Crippen LogP contribution in [0.5, 0.6) is 17.2 Å². The molecule has 4 aliphatic carbocycles. The van der Waals surface area contributed by atoms with Gasteiger partial charge in [0.15, 0.2) is 0 Å². The second-order valence-electron chi connectivity index (χ2n) is 34.0. The molecular weight excluding hydrogens is 1660 g/mol. The molecule has 25 heteroatoms. The van der Waals surface area contributed by atoms with Crippen molar-refractivity contribution < 1.29 is 33.3 Å². The Morgan fingerprint density at radius 2 is 0.742 bits per heavy atom. The van der Waals surface area contributed by atoms with E-state index in [1.165, 1.54) is 54.6 Å². The highest BCUT2D eigenvalue weighted by atomic mass is 79.9. The van der Waals surface area contributed by atoms with Crippen LogP contribution in [-0.2, 0) is 45.3 Å². The first-order chi connectivity index (χ1) is 60.7. The molecule has 0 unspecified atom stereocenters. The summed E-state index contributed by atoms with van der Waals surface area (Å²) in [7, 11) is 5.08. The van der Waals surface area contributed by atoms with Crippen LogP contribution in [0.4, 0.5) is 0 Å². The Hall–Kier alpha value is -10.5. The summed E-state index contributed by atoms with van der Waals surface area (Å²) in [6.45, 7) is 16.8. The molecule has 4 saturated heterocycles. The summed E-state index contributed by atoms with van der Waals surface area (Å²) in [5, 5.41) is 1.08. The Kier molecular flexibility index (Phi) is 26.2. The minimum atomic E-state index is 0.280. The summed E-state index contributed by atoms with van der Waals surface area (Å²) >= 11 is 16.1. The van der Waals surface area contributed by atoms with E-state index in [9.17, 15) is 14.4 Å². The van der Waals surface area contributed by atoms with E-state index in [0.29, 0.717) is 33.7 Å². The minimum Gasteiger partial charge on any atom is -0.497 e. The molecule has 13 aromatic rings. The quantitative estimate of drug-likeness (QED) is 0.0703. The number of halogens is 3. The maximum Gasteiger partial charge on any atom is 0.225 e. The highest BCUT2D eigenvalue weighted by Crippen LogP contribution is 2.42. The fraction of sp³-hybridized carbons (Fsp3) is 0.384. The molecular formula is C99H108BrCl2N15O7. The Balaban J connectivity index is 0.000000113. The molecule has 4 aliphatic heterocycles. The zero-order valence-electron chi connectivity index (χ0n) is 71.0. The molecule has 124 heavy (non-hydrogen) atoms. The van der Waals surface area contributed by atoms with Crippen LogP contribution in [0.15, 0.2) is 205 Å². The normalized spacial score (nSPS) is 17.6. The van der Waals surface area contributed by atoms with E-state index in [-0.39, 0.29) is 17.8 Å². The van der Waals surface area contributed by atoms with Crippen LogP contribution in [0.3, 0.4) is 0 Å². The number of nitrogens with zero attached hydrogens (tertiary/aromatic N) is 15. The molecule has 0 atom stereocenters. The SMILES string of the molecule is COc1cccc(-c2nc3ccc(Br)cn3c2CN2CCN(C(=O)C3CCC3)CC2)c1.COc1cccc(-c2nc3ccc(C4CC4)cn3c2CN2CCN(C(=O)C3CCC3)CC2)c1.COc1cccc(-c2nc3ccccn3c2CN2CCN(C(=O)C3CCC3)CC2)c1.Clc1ccc(-c2nc3ccc(-c4ccccc4)cn3c2CN2CCOCC2)cc1Cl. The molecule has 642 valence electrons. The van der Waals surface area contributed by atoms with Gasteiger partial charge in [0.1, 0.15) is 39.8 Å². The van der Waals surface area contributed by atoms with Crippen LogP contribution in [0.2, 0.25) is 10.0 Å². The molecule has 12 heterocycles. The average Bonchev–Trinajstić information content (AvgIpc) is 1.56. The summed E-state index contributed by atoms with van der Waals surface area (Å²) in [6, 6.07) is 59.2. The molecule has 22 nitrogen and oxygen atoms in total. The third-order valence-electron chi connectivity index (χ3n) is 26.2. The van der Waals surface area contributed by atoms with Gasteiger partial charge in [0.2, 0.25) is 17.7 Å². The first kappa shape index (κ1) is 84.4. The largest absolute Gasteiger partial charge is 0.497 e. The van der Waals surface area contributed by atoms with E-state index in [4.69, 9.17) is 62.1 Å². The molecule has 8 aliphatic rings. The van der Waals surface area contributed by atoms with Crippen molar-refractivity contribution in [1.82, 2.24) is 71.8 Å². The van der Waals surface area contributed by atoms with Crippen molar-refractivity contribution >= 4 is 79.4 Å². The van der Waals surface area contributed by atoms with Crippen LogP contribution < -0.4 is 14.2 Å². The molecule has 0 bridgehead atoms. The number of morpholine rings is 1. The van der Waals surface area contributed by atoms with E-state index >= 15 is 0 Å². The fourth-order valence-electron chi connectivity index (χ4n) is 18.0. The van der Waals surface area contributed by atoms with Gasteiger partial charge in [-0.15, -0.1) is 0 Å². The van der Waals surface area contributed by atoms with Crippen LogP contribution >= 0.6 is 39.1 Å². The number of rotatable bonds is 20. The number of pyridine rings is 4. The lowest BCUT2D eigenvalue weighted by atomic mass is 9.84. The van der Waals surface area contributed by atoms with Gasteiger partial charge in [0.25, 0.3) is 0 Å². The van der Waals surface area contributed by atoms with Crippen LogP contribution in [0.25, 0.3) is 78.7 Å². The second kappa shape index (κ2) is 38.6. The lowest BCUT2D eigenvalue weighted by Crippen LogP contribution is -2.50. The molecule has 8 fully saturated rings. The van der Waals surface area contributed by atoms with Crippen molar-refractivity contribution in [3.8, 4) is 73.4 Å². The molecule has 5 aromatic carbocycles. The molecule has 3 amide bonds. The average molecular weight is 1770 g/mol. The molecule has 0 radical (unpaired) electrons. The summed E-state index contributed by atoms with van der Waals surface area (Å²) in [4.78, 5) is 73.7. The number of hydrogen-bond donors (Lipinski definition) is 0. The Labute approximate surface area is 743 Å². The first-order valence-electron chi connectivity index (χ1n) is 44.2. The third kappa shape index (κ3) is 19.0. The number of benzene rings is 5. The molecule has 21 rings (SSSR count). The summed E-state index contributed by atoms with van der Waals surface area (Å²) in [5.41, 5.74) is 20.3. The lowest BCUT2D eigenvalue weighted by Gasteiger charge is -2.38. The van der Waals surface area contributed by atoms with Gasteiger partial charge in [-0.05, 0) is 181 Å². The second-order valence-corrected chi connectivity index (χ2v) is 35.7. The maximum atomic E-state index is 12.7. The van der Waals surface area contributed by atoms with E-state index in [1.807, 2.05) is 103 Å². The van der Waals surface area contributed by atoms with Crippen molar-refractivity contribution in [3.63, 3.8) is 0 Å². The number of ether oxygens (including phenoxy) is 4. The van der Waals surface area contributed by atoms with Crippen molar-refractivity contribution in [2.75, 3.05) is 126 Å². The maximum absolute atomic E-state index is 12.7. The summed E-state index contributed by atoms with van der Waals surface area (Å²) in [5.74, 6) is 5.16. The summed E-state index contributed by atoms with van der Waals surface area (Å²) in [6.07, 6.45) is 21.3. The van der Waals surface area contributed by atoms with Gasteiger partial charge in [0, 0.05) is 187 Å². The number of methoxy groups -OCH3 is 3. The van der Waals surface area contributed by atoms with Crippen molar-refractivity contribution in [1.29, 1.82) is 0 Å². The number of hydrogen-bond acceptors (Lipinski definition) is 15. The fourth-order valence-corrected chi connectivity index (χ4v) is 18.6.